The molecule has 1 aliphatic rings. The lowest BCUT2D eigenvalue weighted by molar-refractivity contribution is 0.385. The van der Waals surface area contributed by atoms with Crippen LogP contribution < -0.4 is 10.1 Å². The summed E-state index contributed by atoms with van der Waals surface area (Å²) in [6.45, 7) is 2.91. The van der Waals surface area contributed by atoms with Gasteiger partial charge in [-0.25, -0.2) is 4.39 Å². The highest BCUT2D eigenvalue weighted by atomic mass is 19.1. The summed E-state index contributed by atoms with van der Waals surface area (Å²) < 4.78 is 18.3. The smallest absolute Gasteiger partial charge is 0.165 e. The maximum absolute atomic E-state index is 13.4. The molecule has 1 N–H and O–H groups in total. The first kappa shape index (κ1) is 12.4. The van der Waals surface area contributed by atoms with Crippen LogP contribution in [0.15, 0.2) is 18.2 Å². The normalized spacial score (nSPS) is 16.9. The van der Waals surface area contributed by atoms with E-state index in [0.717, 1.165) is 18.0 Å². The number of halogens is 1. The lowest BCUT2D eigenvalue weighted by Gasteiger charge is -2.13. The van der Waals surface area contributed by atoms with Gasteiger partial charge < -0.3 is 10.1 Å². The minimum Gasteiger partial charge on any atom is -0.494 e. The summed E-state index contributed by atoms with van der Waals surface area (Å²) >= 11 is 0. The first-order chi connectivity index (χ1) is 8.19. The Kier molecular flexibility index (Phi) is 4.00. The number of hydrogen-bond donors (Lipinski definition) is 1. The molecule has 0 amide bonds. The van der Waals surface area contributed by atoms with E-state index in [1.54, 1.807) is 6.07 Å². The molecule has 0 spiro atoms. The van der Waals surface area contributed by atoms with E-state index in [-0.39, 0.29) is 5.82 Å². The fraction of sp³-hybridized carbons (Fsp3) is 0.571. The van der Waals surface area contributed by atoms with Crippen molar-refractivity contribution in [2.24, 2.45) is 5.92 Å². The summed E-state index contributed by atoms with van der Waals surface area (Å²) in [7, 11) is 1.48. The van der Waals surface area contributed by atoms with Crippen molar-refractivity contribution in [1.29, 1.82) is 0 Å². The summed E-state index contributed by atoms with van der Waals surface area (Å²) in [5.74, 6) is 0.937. The predicted octanol–water partition coefficient (Wildman–Crippen LogP) is 3.11. The fourth-order valence-corrected chi connectivity index (χ4v) is 2.05. The molecule has 1 fully saturated rings. The van der Waals surface area contributed by atoms with E-state index >= 15 is 0 Å². The molecule has 1 aromatic rings. The third-order valence-corrected chi connectivity index (χ3v) is 3.25. The zero-order valence-electron chi connectivity index (χ0n) is 10.5. The molecule has 94 valence electrons. The molecule has 1 aromatic carbocycles. The molecule has 1 saturated carbocycles. The van der Waals surface area contributed by atoms with Gasteiger partial charge in [0.25, 0.3) is 0 Å². The van der Waals surface area contributed by atoms with Gasteiger partial charge in [-0.2, -0.15) is 0 Å². The zero-order valence-corrected chi connectivity index (χ0v) is 10.5. The third-order valence-electron chi connectivity index (χ3n) is 3.25. The molecule has 1 atom stereocenters. The molecular weight excluding hydrogens is 217 g/mol. The fourth-order valence-electron chi connectivity index (χ4n) is 2.05. The molecule has 2 rings (SSSR count). The minimum absolute atomic E-state index is 0.290. The van der Waals surface area contributed by atoms with E-state index in [2.05, 4.69) is 12.2 Å². The van der Waals surface area contributed by atoms with Gasteiger partial charge in [-0.3, -0.25) is 0 Å². The quantitative estimate of drug-likeness (QED) is 0.820. The minimum atomic E-state index is -0.290. The molecule has 0 heterocycles. The largest absolute Gasteiger partial charge is 0.494 e. The molecule has 1 unspecified atom stereocenters. The van der Waals surface area contributed by atoms with Crippen molar-refractivity contribution in [3.05, 3.63) is 29.6 Å². The first-order valence-corrected chi connectivity index (χ1v) is 6.25. The Morgan fingerprint density at radius 3 is 2.82 bits per heavy atom. The standard InChI is InChI=1S/C14H20FNO/c1-10(7-11-3-4-11)16-9-12-5-6-14(17-2)13(15)8-12/h5-6,8,10-11,16H,3-4,7,9H2,1-2H3. The van der Waals surface area contributed by atoms with Gasteiger partial charge in [0.2, 0.25) is 0 Å². The van der Waals surface area contributed by atoms with Crippen molar-refractivity contribution < 1.29 is 9.13 Å². The van der Waals surface area contributed by atoms with Crippen LogP contribution in [0.4, 0.5) is 4.39 Å². The molecule has 2 nitrogen and oxygen atoms in total. The van der Waals surface area contributed by atoms with Gasteiger partial charge in [0, 0.05) is 12.6 Å². The number of ether oxygens (including phenoxy) is 1. The van der Waals surface area contributed by atoms with Crippen LogP contribution in [0, 0.1) is 11.7 Å². The number of methoxy groups -OCH3 is 1. The Morgan fingerprint density at radius 1 is 1.47 bits per heavy atom. The van der Waals surface area contributed by atoms with Gasteiger partial charge >= 0.3 is 0 Å². The van der Waals surface area contributed by atoms with E-state index < -0.39 is 0 Å². The van der Waals surface area contributed by atoms with Crippen molar-refractivity contribution in [1.82, 2.24) is 5.32 Å². The van der Waals surface area contributed by atoms with E-state index in [1.807, 2.05) is 6.07 Å². The van der Waals surface area contributed by atoms with Gasteiger partial charge in [0.15, 0.2) is 11.6 Å². The average Bonchev–Trinajstić information content (AvgIpc) is 3.10. The van der Waals surface area contributed by atoms with Crippen molar-refractivity contribution >= 4 is 0 Å². The Morgan fingerprint density at radius 2 is 2.24 bits per heavy atom. The predicted molar refractivity (Wildman–Crippen MR) is 66.6 cm³/mol. The van der Waals surface area contributed by atoms with Crippen LogP contribution in [0.1, 0.15) is 31.7 Å². The lowest BCUT2D eigenvalue weighted by atomic mass is 10.1. The molecule has 0 saturated heterocycles. The first-order valence-electron chi connectivity index (χ1n) is 6.25. The second-order valence-electron chi connectivity index (χ2n) is 4.93. The molecule has 0 bridgehead atoms. The van der Waals surface area contributed by atoms with Gasteiger partial charge in [-0.1, -0.05) is 18.9 Å². The highest BCUT2D eigenvalue weighted by molar-refractivity contribution is 5.29. The van der Waals surface area contributed by atoms with Gasteiger partial charge in [-0.15, -0.1) is 0 Å². The van der Waals surface area contributed by atoms with E-state index in [4.69, 9.17) is 4.74 Å². The van der Waals surface area contributed by atoms with Crippen molar-refractivity contribution in [3.63, 3.8) is 0 Å². The molecule has 0 radical (unpaired) electrons. The SMILES string of the molecule is COc1ccc(CNC(C)CC2CC2)cc1F. The highest BCUT2D eigenvalue weighted by Gasteiger charge is 2.23. The third kappa shape index (κ3) is 3.70. The Labute approximate surface area is 102 Å². The van der Waals surface area contributed by atoms with E-state index in [0.29, 0.717) is 11.8 Å². The maximum atomic E-state index is 13.4. The Hall–Kier alpha value is -1.09. The zero-order chi connectivity index (χ0) is 12.3. The second kappa shape index (κ2) is 5.50. The average molecular weight is 237 g/mol. The molecule has 0 aliphatic heterocycles. The molecule has 3 heteroatoms. The van der Waals surface area contributed by atoms with Crippen LogP contribution in [0.2, 0.25) is 0 Å². The van der Waals surface area contributed by atoms with Crippen molar-refractivity contribution in [2.75, 3.05) is 7.11 Å². The molecular formula is C14H20FNO. The van der Waals surface area contributed by atoms with Crippen LogP contribution in [-0.2, 0) is 6.54 Å². The topological polar surface area (TPSA) is 21.3 Å². The number of benzene rings is 1. The Bertz CT molecular complexity index is 376. The lowest BCUT2D eigenvalue weighted by Crippen LogP contribution is -2.25. The van der Waals surface area contributed by atoms with Crippen molar-refractivity contribution in [2.45, 2.75) is 38.8 Å². The van der Waals surface area contributed by atoms with Gasteiger partial charge in [0.05, 0.1) is 7.11 Å². The Balaban J connectivity index is 1.83. The van der Waals surface area contributed by atoms with Crippen LogP contribution in [0.3, 0.4) is 0 Å². The monoisotopic (exact) mass is 237 g/mol. The molecule has 1 aliphatic carbocycles. The van der Waals surface area contributed by atoms with Gasteiger partial charge in [-0.05, 0) is 37.0 Å². The van der Waals surface area contributed by atoms with Crippen LogP contribution in [0.25, 0.3) is 0 Å². The number of nitrogens with one attached hydrogen (secondary N) is 1. The van der Waals surface area contributed by atoms with Gasteiger partial charge in [0.1, 0.15) is 0 Å². The maximum Gasteiger partial charge on any atom is 0.165 e. The van der Waals surface area contributed by atoms with Crippen molar-refractivity contribution in [3.8, 4) is 5.75 Å². The van der Waals surface area contributed by atoms with Crippen LogP contribution in [-0.4, -0.2) is 13.2 Å². The number of rotatable bonds is 6. The van der Waals surface area contributed by atoms with E-state index in [9.17, 15) is 4.39 Å². The van der Waals surface area contributed by atoms with E-state index in [1.165, 1.54) is 32.4 Å². The summed E-state index contributed by atoms with van der Waals surface area (Å²) in [6, 6.07) is 5.62. The van der Waals surface area contributed by atoms with Crippen LogP contribution >= 0.6 is 0 Å². The molecule has 17 heavy (non-hydrogen) atoms. The second-order valence-corrected chi connectivity index (χ2v) is 4.93. The summed E-state index contributed by atoms with van der Waals surface area (Å²) in [5, 5.41) is 3.43. The summed E-state index contributed by atoms with van der Waals surface area (Å²) in [5.41, 5.74) is 0.964. The molecule has 0 aromatic heterocycles. The summed E-state index contributed by atoms with van der Waals surface area (Å²) in [6.07, 6.45) is 3.99. The highest BCUT2D eigenvalue weighted by Crippen LogP contribution is 2.33. The van der Waals surface area contributed by atoms with Crippen LogP contribution in [0.5, 0.6) is 5.75 Å². The number of hydrogen-bond acceptors (Lipinski definition) is 2. The summed E-state index contributed by atoms with van der Waals surface area (Å²) in [4.78, 5) is 0.